The van der Waals surface area contributed by atoms with Crippen LogP contribution < -0.4 is 10.3 Å². The Morgan fingerprint density at radius 2 is 1.51 bits per heavy atom. The Balaban J connectivity index is 1.79. The summed E-state index contributed by atoms with van der Waals surface area (Å²) in [5, 5.41) is 0. The number of hydrogen-bond donors (Lipinski definition) is 0. The van der Waals surface area contributed by atoms with Gasteiger partial charge in [-0.3, -0.25) is 4.79 Å². The number of pyridine rings is 1. The molecule has 1 heterocycles. The average molecular weight is 539 g/mol. The standard InChI is InChI=1S/C28H20BrF3NO2/c1-17-4-5-21(18(2)14-17)16-33-26(15-25(28(30,31)32)19(3)27(33)34)20-6-10-23(11-7-20)35-24-12-8-22(29)9-13-24/h4-15H,16H2,1-2H3. The predicted octanol–water partition coefficient (Wildman–Crippen LogP) is 7.69. The fraction of sp³-hybridized carbons (Fsp3) is 0.143. The molecule has 0 bridgehead atoms. The number of ether oxygens (including phenoxy) is 1. The molecule has 1 aromatic heterocycles. The van der Waals surface area contributed by atoms with Gasteiger partial charge in [-0.1, -0.05) is 39.7 Å². The minimum Gasteiger partial charge on any atom is -0.457 e. The maximum Gasteiger partial charge on any atom is 0.416 e. The number of aryl methyl sites for hydroxylation is 2. The second-order valence-corrected chi connectivity index (χ2v) is 9.13. The van der Waals surface area contributed by atoms with Crippen molar-refractivity contribution in [1.29, 1.82) is 0 Å². The van der Waals surface area contributed by atoms with Crippen LogP contribution in [0, 0.1) is 20.8 Å². The molecule has 35 heavy (non-hydrogen) atoms. The van der Waals surface area contributed by atoms with Gasteiger partial charge in [0.05, 0.1) is 17.8 Å². The highest BCUT2D eigenvalue weighted by atomic mass is 79.9. The van der Waals surface area contributed by atoms with Crippen molar-refractivity contribution in [2.45, 2.75) is 26.6 Å². The molecule has 0 saturated carbocycles. The fourth-order valence-electron chi connectivity index (χ4n) is 3.79. The molecule has 3 nitrogen and oxygen atoms in total. The molecule has 0 N–H and O–H groups in total. The highest BCUT2D eigenvalue weighted by Gasteiger charge is 2.35. The Hall–Kier alpha value is -3.32. The van der Waals surface area contributed by atoms with E-state index >= 15 is 0 Å². The Bertz CT molecular complexity index is 1420. The molecule has 4 aromatic rings. The summed E-state index contributed by atoms with van der Waals surface area (Å²) in [5.41, 5.74) is -0.112. The molecule has 7 heteroatoms. The van der Waals surface area contributed by atoms with Crippen molar-refractivity contribution in [3.05, 3.63) is 122 Å². The molecule has 3 radical (unpaired) electrons. The average Bonchev–Trinajstić information content (AvgIpc) is 2.80. The van der Waals surface area contributed by atoms with E-state index in [9.17, 15) is 18.0 Å². The molecular weight excluding hydrogens is 519 g/mol. The van der Waals surface area contributed by atoms with E-state index in [-0.39, 0.29) is 12.2 Å². The van der Waals surface area contributed by atoms with E-state index in [1.807, 2.05) is 44.2 Å². The molecule has 0 aliphatic rings. The SMILES string of the molecule is [C]c1c(C(F)(F)F)cc(-c2ccc(Oc3ccc(Br)cc3)cc2)n(Cc2ccc(C)cc2C)c1=O. The van der Waals surface area contributed by atoms with Crippen LogP contribution in [0.25, 0.3) is 11.3 Å². The summed E-state index contributed by atoms with van der Waals surface area (Å²) in [6.07, 6.45) is -4.82. The zero-order valence-corrected chi connectivity index (χ0v) is 20.5. The number of halogens is 4. The third-order valence-corrected chi connectivity index (χ3v) is 6.16. The third-order valence-electron chi connectivity index (χ3n) is 5.63. The number of hydrogen-bond acceptors (Lipinski definition) is 2. The summed E-state index contributed by atoms with van der Waals surface area (Å²) in [6, 6.07) is 20.2. The van der Waals surface area contributed by atoms with Crippen LogP contribution in [-0.4, -0.2) is 4.57 Å². The van der Waals surface area contributed by atoms with E-state index in [4.69, 9.17) is 11.7 Å². The van der Waals surface area contributed by atoms with E-state index < -0.39 is 22.9 Å². The smallest absolute Gasteiger partial charge is 0.416 e. The first-order valence-corrected chi connectivity index (χ1v) is 11.5. The lowest BCUT2D eigenvalue weighted by Gasteiger charge is -2.19. The van der Waals surface area contributed by atoms with Crippen molar-refractivity contribution in [1.82, 2.24) is 4.57 Å². The molecule has 0 amide bonds. The van der Waals surface area contributed by atoms with Gasteiger partial charge in [0.2, 0.25) is 0 Å². The number of rotatable bonds is 5. The van der Waals surface area contributed by atoms with Gasteiger partial charge < -0.3 is 9.30 Å². The zero-order valence-electron chi connectivity index (χ0n) is 18.9. The Kier molecular flexibility index (Phi) is 6.90. The number of nitrogens with zero attached hydrogens (tertiary/aromatic N) is 1. The molecule has 0 saturated heterocycles. The molecule has 0 spiro atoms. The predicted molar refractivity (Wildman–Crippen MR) is 133 cm³/mol. The van der Waals surface area contributed by atoms with Crippen molar-refractivity contribution in [3.63, 3.8) is 0 Å². The summed E-state index contributed by atoms with van der Waals surface area (Å²) >= 11 is 3.36. The lowest BCUT2D eigenvalue weighted by Crippen LogP contribution is -2.28. The first-order valence-electron chi connectivity index (χ1n) is 10.7. The second-order valence-electron chi connectivity index (χ2n) is 8.22. The third kappa shape index (κ3) is 5.51. The topological polar surface area (TPSA) is 31.2 Å². The van der Waals surface area contributed by atoms with Crippen LogP contribution in [0.4, 0.5) is 13.2 Å². The lowest BCUT2D eigenvalue weighted by atomic mass is 10.0. The van der Waals surface area contributed by atoms with E-state index in [2.05, 4.69) is 15.9 Å². The van der Waals surface area contributed by atoms with Crippen LogP contribution in [0.3, 0.4) is 0 Å². The van der Waals surface area contributed by atoms with E-state index in [0.29, 0.717) is 17.1 Å². The van der Waals surface area contributed by atoms with Crippen molar-refractivity contribution < 1.29 is 17.9 Å². The summed E-state index contributed by atoms with van der Waals surface area (Å²) < 4.78 is 48.8. The van der Waals surface area contributed by atoms with Gasteiger partial charge >= 0.3 is 6.18 Å². The molecular formula is C28H20BrF3NO2. The Morgan fingerprint density at radius 1 is 0.914 bits per heavy atom. The fourth-order valence-corrected chi connectivity index (χ4v) is 4.06. The van der Waals surface area contributed by atoms with Crippen LogP contribution in [0.5, 0.6) is 11.5 Å². The van der Waals surface area contributed by atoms with Gasteiger partial charge in [0, 0.05) is 17.0 Å². The van der Waals surface area contributed by atoms with Crippen LogP contribution in [0.2, 0.25) is 0 Å². The molecule has 177 valence electrons. The molecule has 0 fully saturated rings. The molecule has 0 atom stereocenters. The van der Waals surface area contributed by atoms with Crippen LogP contribution in [0.1, 0.15) is 27.8 Å². The van der Waals surface area contributed by atoms with Crippen molar-refractivity contribution in [2.75, 3.05) is 0 Å². The Morgan fingerprint density at radius 3 is 2.09 bits per heavy atom. The highest BCUT2D eigenvalue weighted by Crippen LogP contribution is 2.34. The number of alkyl halides is 3. The molecule has 0 unspecified atom stereocenters. The van der Waals surface area contributed by atoms with Gasteiger partial charge in [-0.05, 0) is 85.1 Å². The minimum atomic E-state index is -4.82. The van der Waals surface area contributed by atoms with Gasteiger partial charge in [0.15, 0.2) is 0 Å². The molecule has 0 aliphatic carbocycles. The molecule has 3 aromatic carbocycles. The maximum absolute atomic E-state index is 13.6. The van der Waals surface area contributed by atoms with E-state index in [0.717, 1.165) is 27.2 Å². The molecule has 0 aliphatic heterocycles. The zero-order chi connectivity index (χ0) is 25.3. The van der Waals surface area contributed by atoms with Crippen LogP contribution in [0.15, 0.2) is 82.1 Å². The van der Waals surface area contributed by atoms with Crippen molar-refractivity contribution >= 4 is 15.9 Å². The monoisotopic (exact) mass is 538 g/mol. The number of benzene rings is 3. The van der Waals surface area contributed by atoms with Gasteiger partial charge in [0.25, 0.3) is 5.56 Å². The number of aromatic nitrogens is 1. The lowest BCUT2D eigenvalue weighted by molar-refractivity contribution is -0.138. The summed E-state index contributed by atoms with van der Waals surface area (Å²) in [5.74, 6) is 1.10. The summed E-state index contributed by atoms with van der Waals surface area (Å²) in [4.78, 5) is 13.0. The summed E-state index contributed by atoms with van der Waals surface area (Å²) in [6.45, 7) is 11.8. The first kappa shape index (κ1) is 24.8. The van der Waals surface area contributed by atoms with Crippen molar-refractivity contribution in [2.24, 2.45) is 0 Å². The minimum absolute atomic E-state index is 0.0431. The first-order chi connectivity index (χ1) is 16.5. The van der Waals surface area contributed by atoms with E-state index in [1.54, 1.807) is 36.4 Å². The maximum atomic E-state index is 13.6. The molecule has 4 rings (SSSR count). The van der Waals surface area contributed by atoms with Crippen LogP contribution in [-0.2, 0) is 12.7 Å². The second kappa shape index (κ2) is 9.74. The normalized spacial score (nSPS) is 11.5. The van der Waals surface area contributed by atoms with Gasteiger partial charge in [-0.25, -0.2) is 0 Å². The summed E-state index contributed by atoms with van der Waals surface area (Å²) in [7, 11) is 0. The van der Waals surface area contributed by atoms with Crippen molar-refractivity contribution in [3.8, 4) is 22.8 Å². The Labute approximate surface area is 209 Å². The van der Waals surface area contributed by atoms with Gasteiger partial charge in [-0.2, -0.15) is 13.2 Å². The van der Waals surface area contributed by atoms with E-state index in [1.165, 1.54) is 4.57 Å². The largest absolute Gasteiger partial charge is 0.457 e. The van der Waals surface area contributed by atoms with Gasteiger partial charge in [-0.15, -0.1) is 0 Å². The highest BCUT2D eigenvalue weighted by molar-refractivity contribution is 9.10. The van der Waals surface area contributed by atoms with Gasteiger partial charge in [0.1, 0.15) is 11.5 Å². The quantitative estimate of drug-likeness (QED) is 0.261. The van der Waals surface area contributed by atoms with Crippen LogP contribution >= 0.6 is 15.9 Å².